The smallest absolute Gasteiger partial charge is 0.345 e. The van der Waals surface area contributed by atoms with E-state index in [4.69, 9.17) is 14.5 Å². The Morgan fingerprint density at radius 1 is 1.25 bits per heavy atom. The molecule has 28 heavy (non-hydrogen) atoms. The Balaban J connectivity index is 1.67. The molecule has 0 amide bonds. The van der Waals surface area contributed by atoms with Crippen molar-refractivity contribution >= 4 is 16.9 Å². The molecule has 3 aliphatic rings. The van der Waals surface area contributed by atoms with Crippen LogP contribution in [0.3, 0.4) is 0 Å². The van der Waals surface area contributed by atoms with Gasteiger partial charge in [-0.1, -0.05) is 6.92 Å². The van der Waals surface area contributed by atoms with Crippen LogP contribution < -0.4 is 5.56 Å². The minimum atomic E-state index is -1.12. The van der Waals surface area contributed by atoms with Crippen molar-refractivity contribution in [3.63, 3.8) is 0 Å². The van der Waals surface area contributed by atoms with Crippen LogP contribution in [0.1, 0.15) is 29.2 Å². The number of hydrogen-bond acceptors (Lipinski definition) is 6. The first-order chi connectivity index (χ1) is 13.5. The second-order valence-corrected chi connectivity index (χ2v) is 7.48. The molecule has 7 heteroatoms. The van der Waals surface area contributed by atoms with Gasteiger partial charge < -0.3 is 19.1 Å². The minimum absolute atomic E-state index is 0.0291. The van der Waals surface area contributed by atoms with Gasteiger partial charge in [-0.25, -0.2) is 9.78 Å². The van der Waals surface area contributed by atoms with Gasteiger partial charge in [0.15, 0.2) is 0 Å². The molecule has 140 valence electrons. The number of cyclic esters (lactones) is 1. The van der Waals surface area contributed by atoms with Crippen molar-refractivity contribution in [2.45, 2.75) is 32.1 Å². The molecule has 1 atom stereocenters. The molecule has 1 spiro atoms. The topological polar surface area (TPSA) is 94.0 Å². The van der Waals surface area contributed by atoms with Crippen LogP contribution in [0.15, 0.2) is 29.1 Å². The molecule has 5 heterocycles. The van der Waals surface area contributed by atoms with E-state index in [0.717, 1.165) is 34.1 Å². The summed E-state index contributed by atoms with van der Waals surface area (Å²) >= 11 is 0. The van der Waals surface area contributed by atoms with Gasteiger partial charge in [-0.3, -0.25) is 4.79 Å². The molecule has 6 rings (SSSR count). The van der Waals surface area contributed by atoms with Crippen LogP contribution in [0.2, 0.25) is 0 Å². The van der Waals surface area contributed by atoms with Crippen LogP contribution in [0.25, 0.3) is 22.3 Å². The molecule has 1 aromatic carbocycles. The number of nitrogens with zero attached hydrogens (tertiary/aromatic N) is 2. The fourth-order valence-electron chi connectivity index (χ4n) is 4.55. The average molecular weight is 376 g/mol. The maximum atomic E-state index is 13.2. The molecular formula is C21H16N2O5. The number of benzene rings is 1. The lowest BCUT2D eigenvalue weighted by atomic mass is 9.92. The Labute approximate surface area is 159 Å². The number of aromatic hydroxyl groups is 1. The second-order valence-electron chi connectivity index (χ2n) is 7.48. The van der Waals surface area contributed by atoms with Gasteiger partial charge in [0.1, 0.15) is 12.4 Å². The zero-order valence-corrected chi connectivity index (χ0v) is 15.1. The normalized spacial score (nSPS) is 21.4. The van der Waals surface area contributed by atoms with E-state index in [1.807, 2.05) is 6.07 Å². The number of esters is 1. The number of rotatable bonds is 1. The number of carbonyl (C=O) groups excluding carboxylic acids is 1. The number of carbonyl (C=O) groups is 1. The van der Waals surface area contributed by atoms with E-state index in [-0.39, 0.29) is 24.5 Å². The van der Waals surface area contributed by atoms with Crippen LogP contribution >= 0.6 is 0 Å². The molecular weight excluding hydrogens is 360 g/mol. The molecule has 1 fully saturated rings. The molecule has 2 aromatic heterocycles. The van der Waals surface area contributed by atoms with Gasteiger partial charge in [-0.05, 0) is 36.2 Å². The monoisotopic (exact) mass is 376 g/mol. The van der Waals surface area contributed by atoms with Gasteiger partial charge in [0.05, 0.1) is 35.6 Å². The van der Waals surface area contributed by atoms with Gasteiger partial charge in [-0.2, -0.15) is 0 Å². The van der Waals surface area contributed by atoms with Gasteiger partial charge >= 0.3 is 5.97 Å². The summed E-state index contributed by atoms with van der Waals surface area (Å²) in [6.07, 6.45) is 0.752. The fraction of sp³-hybridized carbons (Fsp3) is 0.286. The third-order valence-electron chi connectivity index (χ3n) is 6.05. The van der Waals surface area contributed by atoms with E-state index in [1.165, 1.54) is 0 Å². The molecule has 1 saturated heterocycles. The summed E-state index contributed by atoms with van der Waals surface area (Å²) in [6.45, 7) is 2.67. The molecule has 3 aromatic rings. The van der Waals surface area contributed by atoms with E-state index in [9.17, 15) is 14.7 Å². The number of ether oxygens (including phenoxy) is 2. The Kier molecular flexibility index (Phi) is 2.82. The summed E-state index contributed by atoms with van der Waals surface area (Å²) in [7, 11) is 0. The first-order valence-corrected chi connectivity index (χ1v) is 9.26. The van der Waals surface area contributed by atoms with Crippen LogP contribution in [0, 0.1) is 0 Å². The molecule has 1 N–H and O–H groups in total. The van der Waals surface area contributed by atoms with E-state index >= 15 is 0 Å². The van der Waals surface area contributed by atoms with E-state index < -0.39 is 11.6 Å². The number of phenols is 1. The Hall–Kier alpha value is -3.19. The molecule has 7 nitrogen and oxygen atoms in total. The highest BCUT2D eigenvalue weighted by atomic mass is 16.6. The summed E-state index contributed by atoms with van der Waals surface area (Å²) in [5.41, 5.74) is 4.08. The Morgan fingerprint density at radius 3 is 2.82 bits per heavy atom. The highest BCUT2D eigenvalue weighted by molar-refractivity contribution is 5.90. The molecule has 0 aliphatic carbocycles. The molecule has 0 unspecified atom stereocenters. The fourth-order valence-corrected chi connectivity index (χ4v) is 4.55. The van der Waals surface area contributed by atoms with Gasteiger partial charge in [-0.15, -0.1) is 0 Å². The predicted octanol–water partition coefficient (Wildman–Crippen LogP) is 1.98. The number of epoxide rings is 1. The summed E-state index contributed by atoms with van der Waals surface area (Å²) in [6, 6.07) is 6.98. The number of aryl methyl sites for hydroxylation is 1. The zero-order valence-electron chi connectivity index (χ0n) is 15.1. The lowest BCUT2D eigenvalue weighted by Crippen LogP contribution is -2.37. The molecule has 0 bridgehead atoms. The number of pyridine rings is 2. The van der Waals surface area contributed by atoms with E-state index in [2.05, 4.69) is 6.92 Å². The predicted molar refractivity (Wildman–Crippen MR) is 99.0 cm³/mol. The van der Waals surface area contributed by atoms with Gasteiger partial charge in [0, 0.05) is 16.5 Å². The van der Waals surface area contributed by atoms with E-state index in [1.54, 1.807) is 22.8 Å². The molecule has 3 aliphatic heterocycles. The van der Waals surface area contributed by atoms with Gasteiger partial charge in [0.2, 0.25) is 5.60 Å². The SMILES string of the molecule is CCc1c2c(nc3ccc(O)cc13)-c1cc3c(c(=O)n1C2)COC(=O)[C@]31CO1. The number of fused-ring (bicyclic) bond motifs is 6. The third kappa shape index (κ3) is 1.79. The maximum Gasteiger partial charge on any atom is 0.345 e. The molecule has 0 saturated carbocycles. The first kappa shape index (κ1) is 15.8. The van der Waals surface area contributed by atoms with Crippen molar-refractivity contribution in [3.05, 3.63) is 56.9 Å². The zero-order chi connectivity index (χ0) is 19.2. The van der Waals surface area contributed by atoms with Crippen LogP contribution in [0.4, 0.5) is 0 Å². The average Bonchev–Trinajstić information content (AvgIpc) is 3.40. The number of hydrogen-bond donors (Lipinski definition) is 1. The standard InChI is InChI=1S/C21H16N2O5/c1-2-11-12-5-10(24)3-4-16(12)22-18-13(11)7-23-17(18)6-15-14(19(23)25)8-27-20(26)21(15)9-28-21/h3-6,24H,2,7-9H2,1H3/t21-/m0/s1. The number of aromatic nitrogens is 2. The second kappa shape index (κ2) is 4.99. The van der Waals surface area contributed by atoms with Crippen LogP contribution in [-0.2, 0) is 39.4 Å². The van der Waals surface area contributed by atoms with Crippen molar-refractivity contribution < 1.29 is 19.4 Å². The van der Waals surface area contributed by atoms with E-state index in [0.29, 0.717) is 23.4 Å². The van der Waals surface area contributed by atoms with Crippen LogP contribution in [0.5, 0.6) is 5.75 Å². The van der Waals surface area contributed by atoms with Crippen LogP contribution in [-0.4, -0.2) is 27.2 Å². The lowest BCUT2D eigenvalue weighted by molar-refractivity contribution is -0.153. The number of phenolic OH excluding ortho intramolecular Hbond substituents is 1. The van der Waals surface area contributed by atoms with Gasteiger partial charge in [0.25, 0.3) is 5.56 Å². The van der Waals surface area contributed by atoms with Crippen molar-refractivity contribution in [2.24, 2.45) is 0 Å². The van der Waals surface area contributed by atoms with Crippen molar-refractivity contribution in [1.82, 2.24) is 9.55 Å². The van der Waals surface area contributed by atoms with Crippen molar-refractivity contribution in [3.8, 4) is 17.1 Å². The highest BCUT2D eigenvalue weighted by Crippen LogP contribution is 2.46. The Morgan fingerprint density at radius 2 is 2.07 bits per heavy atom. The summed E-state index contributed by atoms with van der Waals surface area (Å²) in [5, 5.41) is 10.8. The molecule has 0 radical (unpaired) electrons. The largest absolute Gasteiger partial charge is 0.508 e. The third-order valence-corrected chi connectivity index (χ3v) is 6.05. The van der Waals surface area contributed by atoms with Crippen molar-refractivity contribution in [1.29, 1.82) is 0 Å². The summed E-state index contributed by atoms with van der Waals surface area (Å²) < 4.78 is 12.3. The summed E-state index contributed by atoms with van der Waals surface area (Å²) in [5.74, 6) is -0.241. The maximum absolute atomic E-state index is 13.2. The van der Waals surface area contributed by atoms with Crippen molar-refractivity contribution in [2.75, 3.05) is 6.61 Å². The quantitative estimate of drug-likeness (QED) is 0.403. The summed E-state index contributed by atoms with van der Waals surface area (Å²) in [4.78, 5) is 30.2. The minimum Gasteiger partial charge on any atom is -0.508 e. The Bertz CT molecular complexity index is 1290. The first-order valence-electron chi connectivity index (χ1n) is 9.26. The highest BCUT2D eigenvalue weighted by Gasteiger charge is 2.59. The lowest BCUT2D eigenvalue weighted by Gasteiger charge is -2.22.